The van der Waals surface area contributed by atoms with Crippen molar-refractivity contribution in [3.8, 4) is 11.5 Å². The van der Waals surface area contributed by atoms with Gasteiger partial charge in [0.1, 0.15) is 19.8 Å². The fraction of sp³-hybridized carbons (Fsp3) is 0.227. The Morgan fingerprint density at radius 1 is 1.09 bits per heavy atom. The molecule has 0 amide bonds. The highest BCUT2D eigenvalue weighted by molar-refractivity contribution is 7.90. The second-order valence-electron chi connectivity index (χ2n) is 7.53. The molecule has 2 aliphatic heterocycles. The third-order valence-corrected chi connectivity index (χ3v) is 7.54. The predicted octanol–water partition coefficient (Wildman–Crippen LogP) is 3.07. The number of benzene rings is 2. The molecule has 3 heterocycles. The largest absolute Gasteiger partial charge is 0.486 e. The van der Waals surface area contributed by atoms with Crippen molar-refractivity contribution in [2.24, 2.45) is 5.92 Å². The van der Waals surface area contributed by atoms with Gasteiger partial charge in [0.15, 0.2) is 11.5 Å². The van der Waals surface area contributed by atoms with E-state index in [1.807, 2.05) is 0 Å². The van der Waals surface area contributed by atoms with Crippen LogP contribution in [0.3, 0.4) is 0 Å². The normalized spacial score (nSPS) is 19.2. The SMILES string of the molecule is C=C1C(=O)OCC1C(O)c1cn(S(=O)(=O)c2ccc3c(c2)OCCO3)c2ccc(Cl)cc12. The molecule has 0 radical (unpaired) electrons. The lowest BCUT2D eigenvalue weighted by molar-refractivity contribution is -0.135. The molecule has 2 atom stereocenters. The number of aliphatic hydroxyl groups excluding tert-OH is 1. The molecular weight excluding hydrogens is 458 g/mol. The highest BCUT2D eigenvalue weighted by Gasteiger charge is 2.37. The lowest BCUT2D eigenvalue weighted by Crippen LogP contribution is -2.17. The number of nitrogens with zero attached hydrogens (tertiary/aromatic N) is 1. The summed E-state index contributed by atoms with van der Waals surface area (Å²) in [7, 11) is -4.07. The van der Waals surface area contributed by atoms with Gasteiger partial charge in [0, 0.05) is 33.8 Å². The number of aromatic nitrogens is 1. The van der Waals surface area contributed by atoms with E-state index in [0.717, 1.165) is 3.97 Å². The van der Waals surface area contributed by atoms with E-state index in [-0.39, 0.29) is 17.1 Å². The second kappa shape index (κ2) is 7.54. The maximum atomic E-state index is 13.5. The van der Waals surface area contributed by atoms with E-state index >= 15 is 0 Å². The molecule has 2 aromatic carbocycles. The van der Waals surface area contributed by atoms with E-state index in [4.69, 9.17) is 25.8 Å². The number of cyclic esters (lactones) is 1. The van der Waals surface area contributed by atoms with Crippen LogP contribution in [-0.4, -0.2) is 43.3 Å². The number of carbonyl (C=O) groups excluding carboxylic acids is 1. The minimum absolute atomic E-state index is 0.00146. The Bertz CT molecular complexity index is 1380. The zero-order chi connectivity index (χ0) is 22.6. The molecule has 32 heavy (non-hydrogen) atoms. The summed E-state index contributed by atoms with van der Waals surface area (Å²) in [5.74, 6) is -0.466. The van der Waals surface area contributed by atoms with E-state index in [1.165, 1.54) is 18.3 Å². The summed E-state index contributed by atoms with van der Waals surface area (Å²) in [4.78, 5) is 11.7. The van der Waals surface area contributed by atoms with Crippen molar-refractivity contribution in [2.75, 3.05) is 19.8 Å². The van der Waals surface area contributed by atoms with Gasteiger partial charge in [-0.25, -0.2) is 17.2 Å². The molecule has 1 N–H and O–H groups in total. The number of ether oxygens (including phenoxy) is 3. The molecule has 0 bridgehead atoms. The van der Waals surface area contributed by atoms with Gasteiger partial charge in [-0.2, -0.15) is 0 Å². The lowest BCUT2D eigenvalue weighted by atomic mass is 9.92. The molecular formula is C22H18ClNO7S. The topological polar surface area (TPSA) is 104 Å². The molecule has 5 rings (SSSR count). The first-order valence-corrected chi connectivity index (χ1v) is 11.6. The van der Waals surface area contributed by atoms with E-state index in [2.05, 4.69) is 6.58 Å². The van der Waals surface area contributed by atoms with Gasteiger partial charge >= 0.3 is 5.97 Å². The van der Waals surface area contributed by atoms with Crippen LogP contribution in [-0.2, 0) is 19.6 Å². The summed E-state index contributed by atoms with van der Waals surface area (Å²) in [6.07, 6.45) is 0.125. The summed E-state index contributed by atoms with van der Waals surface area (Å²) >= 11 is 6.16. The molecule has 1 aromatic heterocycles. The highest BCUT2D eigenvalue weighted by Crippen LogP contribution is 2.39. The number of rotatable bonds is 4. The Morgan fingerprint density at radius 2 is 1.84 bits per heavy atom. The number of aliphatic hydroxyl groups is 1. The van der Waals surface area contributed by atoms with E-state index < -0.39 is 28.0 Å². The monoisotopic (exact) mass is 475 g/mol. The molecule has 8 nitrogen and oxygen atoms in total. The zero-order valence-corrected chi connectivity index (χ0v) is 18.2. The van der Waals surface area contributed by atoms with E-state index in [1.54, 1.807) is 24.3 Å². The van der Waals surface area contributed by atoms with E-state index in [9.17, 15) is 18.3 Å². The van der Waals surface area contributed by atoms with Crippen molar-refractivity contribution >= 4 is 38.5 Å². The van der Waals surface area contributed by atoms with Gasteiger partial charge in [-0.1, -0.05) is 18.2 Å². The van der Waals surface area contributed by atoms with E-state index in [0.29, 0.717) is 46.2 Å². The van der Waals surface area contributed by atoms with Crippen LogP contribution >= 0.6 is 11.6 Å². The number of hydrogen-bond acceptors (Lipinski definition) is 7. The fourth-order valence-electron chi connectivity index (χ4n) is 3.94. The van der Waals surface area contributed by atoms with Crippen LogP contribution in [0.5, 0.6) is 11.5 Å². The summed E-state index contributed by atoms with van der Waals surface area (Å²) in [6, 6.07) is 9.10. The molecule has 0 spiro atoms. The minimum Gasteiger partial charge on any atom is -0.486 e. The van der Waals surface area contributed by atoms with Gasteiger partial charge in [0.25, 0.3) is 10.0 Å². The first-order chi connectivity index (χ1) is 15.3. The summed E-state index contributed by atoms with van der Waals surface area (Å²) in [6.45, 7) is 4.37. The first kappa shape index (κ1) is 20.9. The van der Waals surface area contributed by atoms with Crippen LogP contribution in [0.4, 0.5) is 0 Å². The maximum Gasteiger partial charge on any atom is 0.333 e. The Hall–Kier alpha value is -3.01. The molecule has 10 heteroatoms. The van der Waals surface area contributed by atoms with Crippen molar-refractivity contribution in [1.82, 2.24) is 3.97 Å². The van der Waals surface area contributed by atoms with Crippen molar-refractivity contribution in [2.45, 2.75) is 11.0 Å². The lowest BCUT2D eigenvalue weighted by Gasteiger charge is -2.19. The molecule has 1 fully saturated rings. The van der Waals surface area contributed by atoms with Crippen LogP contribution in [0.15, 0.2) is 59.6 Å². The average Bonchev–Trinajstić information content (AvgIpc) is 3.33. The maximum absolute atomic E-state index is 13.5. The Labute approximate surface area is 188 Å². The third-order valence-electron chi connectivity index (χ3n) is 5.64. The van der Waals surface area contributed by atoms with Crippen molar-refractivity contribution < 1.29 is 32.5 Å². The molecule has 1 saturated heterocycles. The number of halogens is 1. The van der Waals surface area contributed by atoms with Crippen LogP contribution in [0.2, 0.25) is 5.02 Å². The highest BCUT2D eigenvalue weighted by atomic mass is 35.5. The van der Waals surface area contributed by atoms with Crippen LogP contribution in [0.1, 0.15) is 11.7 Å². The smallest absolute Gasteiger partial charge is 0.333 e. The summed E-state index contributed by atoms with van der Waals surface area (Å²) in [5, 5.41) is 11.8. The summed E-state index contributed by atoms with van der Waals surface area (Å²) in [5.41, 5.74) is 0.761. The number of fused-ring (bicyclic) bond motifs is 2. The van der Waals surface area contributed by atoms with Crippen LogP contribution in [0.25, 0.3) is 10.9 Å². The van der Waals surface area contributed by atoms with Gasteiger partial charge in [-0.15, -0.1) is 0 Å². The van der Waals surface area contributed by atoms with Crippen molar-refractivity contribution in [3.63, 3.8) is 0 Å². The van der Waals surface area contributed by atoms with Gasteiger partial charge in [0.05, 0.1) is 22.4 Å². The Kier molecular flexibility index (Phi) is 4.92. The molecule has 166 valence electrons. The van der Waals surface area contributed by atoms with Gasteiger partial charge < -0.3 is 19.3 Å². The van der Waals surface area contributed by atoms with Crippen LogP contribution in [0, 0.1) is 5.92 Å². The molecule has 0 saturated carbocycles. The quantitative estimate of drug-likeness (QED) is 0.456. The third kappa shape index (κ3) is 3.24. The van der Waals surface area contributed by atoms with Crippen LogP contribution < -0.4 is 9.47 Å². The molecule has 2 unspecified atom stereocenters. The van der Waals surface area contributed by atoms with Gasteiger partial charge in [0.2, 0.25) is 0 Å². The Morgan fingerprint density at radius 3 is 2.56 bits per heavy atom. The number of carbonyl (C=O) groups is 1. The summed E-state index contributed by atoms with van der Waals surface area (Å²) < 4.78 is 44.1. The molecule has 3 aromatic rings. The average molecular weight is 476 g/mol. The Balaban J connectivity index is 1.65. The molecule has 2 aliphatic rings. The zero-order valence-electron chi connectivity index (χ0n) is 16.7. The standard InChI is InChI=1S/C22H18ClNO7S/c1-12-17(11-31-22(12)26)21(25)16-10-24(18-4-2-13(23)8-15(16)18)32(27,28)14-3-5-19-20(9-14)30-7-6-29-19/h2-5,8-10,17,21,25H,1,6-7,11H2. The number of esters is 1. The van der Waals surface area contributed by atoms with Crippen molar-refractivity contribution in [3.05, 3.63) is 65.3 Å². The second-order valence-corrected chi connectivity index (χ2v) is 9.78. The van der Waals surface area contributed by atoms with Gasteiger partial charge in [-0.3, -0.25) is 0 Å². The minimum atomic E-state index is -4.07. The molecule has 0 aliphatic carbocycles. The predicted molar refractivity (Wildman–Crippen MR) is 116 cm³/mol. The number of hydrogen-bond donors (Lipinski definition) is 1. The first-order valence-electron chi connectivity index (χ1n) is 9.77. The van der Waals surface area contributed by atoms with Crippen molar-refractivity contribution in [1.29, 1.82) is 0 Å². The van der Waals surface area contributed by atoms with Gasteiger partial charge in [-0.05, 0) is 30.3 Å². The fourth-order valence-corrected chi connectivity index (χ4v) is 5.50.